The van der Waals surface area contributed by atoms with E-state index in [4.69, 9.17) is 4.98 Å². The van der Waals surface area contributed by atoms with Crippen LogP contribution in [0.3, 0.4) is 0 Å². The van der Waals surface area contributed by atoms with Crippen molar-refractivity contribution in [2.75, 3.05) is 6.54 Å². The van der Waals surface area contributed by atoms with Gasteiger partial charge in [0.05, 0.1) is 23.7 Å². The molecule has 150 valence electrons. The highest BCUT2D eigenvalue weighted by Gasteiger charge is 2.31. The first-order valence-electron chi connectivity index (χ1n) is 10.3. The topological polar surface area (TPSA) is 83.0 Å². The molecule has 2 amide bonds. The summed E-state index contributed by atoms with van der Waals surface area (Å²) in [6, 6.07) is 8.03. The molecule has 3 aromatic rings. The fraction of sp³-hybridized carbons (Fsp3) is 0.409. The average Bonchev–Trinajstić information content (AvgIpc) is 3.29. The average molecular weight is 391 g/mol. The first kappa shape index (κ1) is 18.0. The third-order valence-electron chi connectivity index (χ3n) is 6.17. The Hall–Kier alpha value is -3.09. The Balaban J connectivity index is 1.33. The third-order valence-corrected chi connectivity index (χ3v) is 6.17. The predicted molar refractivity (Wildman–Crippen MR) is 109 cm³/mol. The van der Waals surface area contributed by atoms with Gasteiger partial charge in [0.15, 0.2) is 0 Å². The third kappa shape index (κ3) is 3.20. The second-order valence-electron chi connectivity index (χ2n) is 8.08. The van der Waals surface area contributed by atoms with Gasteiger partial charge < -0.3 is 19.8 Å². The predicted octanol–water partition coefficient (Wildman–Crippen LogP) is 2.79. The normalized spacial score (nSPS) is 19.1. The number of carbonyl (C=O) groups excluding carboxylic acids is 2. The van der Waals surface area contributed by atoms with Gasteiger partial charge >= 0.3 is 0 Å². The molecule has 0 radical (unpaired) electrons. The van der Waals surface area contributed by atoms with Crippen LogP contribution >= 0.6 is 0 Å². The van der Waals surface area contributed by atoms with Gasteiger partial charge in [0.2, 0.25) is 5.91 Å². The van der Waals surface area contributed by atoms with Crippen LogP contribution in [0.15, 0.2) is 36.7 Å². The summed E-state index contributed by atoms with van der Waals surface area (Å²) >= 11 is 0. The number of benzene rings is 1. The molecule has 29 heavy (non-hydrogen) atoms. The Morgan fingerprint density at radius 2 is 2.07 bits per heavy atom. The van der Waals surface area contributed by atoms with Gasteiger partial charge in [-0.25, -0.2) is 4.98 Å². The van der Waals surface area contributed by atoms with Crippen LogP contribution in [0.2, 0.25) is 0 Å². The smallest absolute Gasteiger partial charge is 0.256 e. The largest absolute Gasteiger partial charge is 0.360 e. The number of fused-ring (bicyclic) bond motifs is 2. The molecule has 0 saturated heterocycles. The molecule has 3 heterocycles. The van der Waals surface area contributed by atoms with E-state index in [1.165, 1.54) is 6.42 Å². The summed E-state index contributed by atoms with van der Waals surface area (Å²) in [4.78, 5) is 35.2. The summed E-state index contributed by atoms with van der Waals surface area (Å²) < 4.78 is 2.08. The lowest BCUT2D eigenvalue weighted by Gasteiger charge is -2.33. The van der Waals surface area contributed by atoms with Crippen LogP contribution in [0, 0.1) is 0 Å². The van der Waals surface area contributed by atoms with E-state index in [-0.39, 0.29) is 17.9 Å². The van der Waals surface area contributed by atoms with E-state index in [1.807, 2.05) is 42.3 Å². The summed E-state index contributed by atoms with van der Waals surface area (Å²) in [7, 11) is 0. The number of hydrogen-bond acceptors (Lipinski definition) is 3. The molecule has 1 aromatic carbocycles. The zero-order chi connectivity index (χ0) is 20.0. The van der Waals surface area contributed by atoms with Crippen LogP contribution in [0.4, 0.5) is 0 Å². The van der Waals surface area contributed by atoms with Crippen LogP contribution in [-0.2, 0) is 17.8 Å². The Morgan fingerprint density at radius 3 is 2.86 bits per heavy atom. The van der Waals surface area contributed by atoms with Crippen molar-refractivity contribution in [3.8, 4) is 0 Å². The number of para-hydroxylation sites is 1. The highest BCUT2D eigenvalue weighted by molar-refractivity contribution is 6.06. The van der Waals surface area contributed by atoms with Crippen molar-refractivity contribution in [3.63, 3.8) is 0 Å². The molecule has 1 fully saturated rings. The van der Waals surface area contributed by atoms with Crippen molar-refractivity contribution < 1.29 is 9.59 Å². The van der Waals surface area contributed by atoms with Gasteiger partial charge in [-0.1, -0.05) is 18.2 Å². The summed E-state index contributed by atoms with van der Waals surface area (Å²) in [6.07, 6.45) is 7.39. The van der Waals surface area contributed by atoms with Crippen LogP contribution in [0.5, 0.6) is 0 Å². The van der Waals surface area contributed by atoms with E-state index in [0.717, 1.165) is 35.3 Å². The van der Waals surface area contributed by atoms with Gasteiger partial charge in [-0.15, -0.1) is 0 Å². The van der Waals surface area contributed by atoms with Crippen LogP contribution < -0.4 is 5.32 Å². The fourth-order valence-electron chi connectivity index (χ4n) is 4.31. The first-order valence-corrected chi connectivity index (χ1v) is 10.3. The molecular formula is C22H25N5O2. The number of imidazole rings is 1. The van der Waals surface area contributed by atoms with E-state index in [0.29, 0.717) is 31.1 Å². The molecule has 0 spiro atoms. The molecule has 0 bridgehead atoms. The minimum atomic E-state index is -0.145. The minimum absolute atomic E-state index is 0.00785. The van der Waals surface area contributed by atoms with E-state index >= 15 is 0 Å². The molecule has 5 rings (SSSR count). The summed E-state index contributed by atoms with van der Waals surface area (Å²) in [5.41, 5.74) is 2.42. The SMILES string of the molecule is CC1c2nc(CC(=O)NC3CCC3)cn2CCN1C(=O)c1c[nH]c2ccccc12. The maximum Gasteiger partial charge on any atom is 0.256 e. The van der Waals surface area contributed by atoms with Gasteiger partial charge in [0.1, 0.15) is 5.82 Å². The van der Waals surface area contributed by atoms with Crippen molar-refractivity contribution in [3.05, 3.63) is 53.7 Å². The number of H-pyrrole nitrogens is 1. The van der Waals surface area contributed by atoms with Gasteiger partial charge in [-0.3, -0.25) is 9.59 Å². The Bertz CT molecular complexity index is 1080. The van der Waals surface area contributed by atoms with Crippen LogP contribution in [-0.4, -0.2) is 43.8 Å². The van der Waals surface area contributed by atoms with E-state index in [1.54, 1.807) is 6.20 Å². The second kappa shape index (κ2) is 7.06. The lowest BCUT2D eigenvalue weighted by Crippen LogP contribution is -2.41. The molecule has 1 aliphatic carbocycles. The molecular weight excluding hydrogens is 366 g/mol. The number of amides is 2. The molecule has 7 heteroatoms. The number of aromatic amines is 1. The van der Waals surface area contributed by atoms with E-state index in [2.05, 4.69) is 14.9 Å². The van der Waals surface area contributed by atoms with Gasteiger partial charge in [0, 0.05) is 42.4 Å². The summed E-state index contributed by atoms with van der Waals surface area (Å²) in [5, 5.41) is 4.00. The molecule has 7 nitrogen and oxygen atoms in total. The van der Waals surface area contributed by atoms with Gasteiger partial charge in [0.25, 0.3) is 5.91 Å². The molecule has 1 unspecified atom stereocenters. The molecule has 2 N–H and O–H groups in total. The molecule has 2 aromatic heterocycles. The number of rotatable bonds is 4. The number of carbonyl (C=O) groups is 2. The second-order valence-corrected chi connectivity index (χ2v) is 8.08. The van der Waals surface area contributed by atoms with Crippen molar-refractivity contribution in [1.82, 2.24) is 24.8 Å². The Labute approximate surface area is 169 Å². The highest BCUT2D eigenvalue weighted by Crippen LogP contribution is 2.28. The number of nitrogens with zero attached hydrogens (tertiary/aromatic N) is 3. The molecule has 1 saturated carbocycles. The number of aromatic nitrogens is 3. The Kier molecular flexibility index (Phi) is 4.38. The highest BCUT2D eigenvalue weighted by atomic mass is 16.2. The van der Waals surface area contributed by atoms with Crippen molar-refractivity contribution >= 4 is 22.7 Å². The number of hydrogen-bond donors (Lipinski definition) is 2. The standard InChI is InChI=1S/C22H25N5O2/c1-14-21-25-16(11-20(28)24-15-5-4-6-15)13-26(21)9-10-27(14)22(29)18-12-23-19-8-3-2-7-17(18)19/h2-3,7-8,12-15,23H,4-6,9-11H2,1H3,(H,24,28). The van der Waals surface area contributed by atoms with E-state index in [9.17, 15) is 9.59 Å². The lowest BCUT2D eigenvalue weighted by molar-refractivity contribution is -0.121. The molecule has 2 aliphatic rings. The lowest BCUT2D eigenvalue weighted by atomic mass is 9.93. The van der Waals surface area contributed by atoms with Crippen molar-refractivity contribution in [1.29, 1.82) is 0 Å². The molecule has 1 aliphatic heterocycles. The zero-order valence-electron chi connectivity index (χ0n) is 16.5. The maximum absolute atomic E-state index is 13.2. The zero-order valence-corrected chi connectivity index (χ0v) is 16.5. The fourth-order valence-corrected chi connectivity index (χ4v) is 4.31. The molecule has 1 atom stereocenters. The maximum atomic E-state index is 13.2. The van der Waals surface area contributed by atoms with Crippen molar-refractivity contribution in [2.24, 2.45) is 0 Å². The quantitative estimate of drug-likeness (QED) is 0.717. The minimum Gasteiger partial charge on any atom is -0.360 e. The first-order chi connectivity index (χ1) is 14.1. The monoisotopic (exact) mass is 391 g/mol. The number of nitrogens with one attached hydrogen (secondary N) is 2. The van der Waals surface area contributed by atoms with Crippen LogP contribution in [0.25, 0.3) is 10.9 Å². The van der Waals surface area contributed by atoms with E-state index < -0.39 is 0 Å². The Morgan fingerprint density at radius 1 is 1.24 bits per heavy atom. The summed E-state index contributed by atoms with van der Waals surface area (Å²) in [6.45, 7) is 3.31. The summed E-state index contributed by atoms with van der Waals surface area (Å²) in [5.74, 6) is 0.883. The van der Waals surface area contributed by atoms with Gasteiger partial charge in [-0.05, 0) is 32.3 Å². The van der Waals surface area contributed by atoms with Crippen LogP contribution in [0.1, 0.15) is 54.1 Å². The van der Waals surface area contributed by atoms with Gasteiger partial charge in [-0.2, -0.15) is 0 Å². The van der Waals surface area contributed by atoms with Crippen molar-refractivity contribution in [2.45, 2.75) is 51.2 Å².